The van der Waals surface area contributed by atoms with Crippen LogP contribution in [-0.4, -0.2) is 35.8 Å². The van der Waals surface area contributed by atoms with E-state index < -0.39 is 17.3 Å². The predicted octanol–water partition coefficient (Wildman–Crippen LogP) is 3.92. The number of hydrogen-bond acceptors (Lipinski definition) is 7. The minimum atomic E-state index is -1.04. The van der Waals surface area contributed by atoms with Gasteiger partial charge in [0.2, 0.25) is 5.95 Å². The molecule has 33 heavy (non-hydrogen) atoms. The molecule has 0 aliphatic carbocycles. The minimum Gasteiger partial charge on any atom is -0.462 e. The number of amidine groups is 1. The zero-order chi connectivity index (χ0) is 22.6. The highest BCUT2D eigenvalue weighted by molar-refractivity contribution is 5.78. The van der Waals surface area contributed by atoms with Crippen LogP contribution in [0.2, 0.25) is 0 Å². The van der Waals surface area contributed by atoms with E-state index in [1.54, 1.807) is 24.4 Å². The fourth-order valence-corrected chi connectivity index (χ4v) is 4.52. The van der Waals surface area contributed by atoms with Crippen LogP contribution in [0.15, 0.2) is 53.8 Å². The lowest BCUT2D eigenvalue weighted by Crippen LogP contribution is -2.31. The van der Waals surface area contributed by atoms with E-state index in [1.807, 2.05) is 12.1 Å². The number of rotatable bonds is 2. The molecule has 0 bridgehead atoms. The highest BCUT2D eigenvalue weighted by Gasteiger charge is 2.47. The Hall–Kier alpha value is -3.85. The van der Waals surface area contributed by atoms with Crippen molar-refractivity contribution in [3.05, 3.63) is 77.4 Å². The van der Waals surface area contributed by atoms with Crippen LogP contribution in [-0.2, 0) is 15.0 Å². The summed E-state index contributed by atoms with van der Waals surface area (Å²) in [6.45, 7) is 1.27. The molecule has 1 atom stereocenters. The summed E-state index contributed by atoms with van der Waals surface area (Å²) in [4.78, 5) is 12.8. The highest BCUT2D eigenvalue weighted by Crippen LogP contribution is 2.52. The predicted molar refractivity (Wildman–Crippen MR) is 116 cm³/mol. The number of ether oxygens (including phenoxy) is 3. The third-order valence-corrected chi connectivity index (χ3v) is 6.12. The number of pyridine rings is 2. The normalized spacial score (nSPS) is 20.9. The maximum Gasteiger partial charge on any atom is 0.283 e. The zero-order valence-corrected chi connectivity index (χ0v) is 17.3. The van der Waals surface area contributed by atoms with E-state index in [0.29, 0.717) is 35.8 Å². The Morgan fingerprint density at radius 3 is 2.67 bits per heavy atom. The lowest BCUT2D eigenvalue weighted by atomic mass is 9.80. The van der Waals surface area contributed by atoms with E-state index in [9.17, 15) is 8.78 Å². The molecule has 1 aromatic carbocycles. The molecule has 9 heteroatoms. The van der Waals surface area contributed by atoms with Gasteiger partial charge in [-0.25, -0.2) is 14.4 Å². The van der Waals surface area contributed by atoms with Crippen molar-refractivity contribution in [3.8, 4) is 22.6 Å². The van der Waals surface area contributed by atoms with Crippen LogP contribution in [0.25, 0.3) is 16.7 Å². The molecule has 3 aliphatic heterocycles. The van der Waals surface area contributed by atoms with Crippen molar-refractivity contribution in [3.63, 3.8) is 0 Å². The molecule has 0 saturated heterocycles. The number of hydrogen-bond donors (Lipinski definition) is 1. The Kier molecular flexibility index (Phi) is 4.41. The molecule has 3 aromatic rings. The number of aromatic nitrogens is 2. The minimum absolute atomic E-state index is 0.0292. The quantitative estimate of drug-likeness (QED) is 0.598. The molecule has 7 nitrogen and oxygen atoms in total. The summed E-state index contributed by atoms with van der Waals surface area (Å²) in [5.74, 6) is -0.604. The van der Waals surface area contributed by atoms with Gasteiger partial charge in [0.15, 0.2) is 11.3 Å². The topological polar surface area (TPSA) is 91.9 Å². The van der Waals surface area contributed by atoms with Gasteiger partial charge in [-0.2, -0.15) is 4.39 Å². The van der Waals surface area contributed by atoms with Crippen LogP contribution in [0.1, 0.15) is 23.2 Å². The molecule has 2 N–H and O–H groups in total. The van der Waals surface area contributed by atoms with Gasteiger partial charge in [-0.05, 0) is 41.8 Å². The molecule has 0 fully saturated rings. The number of aliphatic imine (C=N–C) groups is 1. The monoisotopic (exact) mass is 448 g/mol. The first-order valence-electron chi connectivity index (χ1n) is 10.4. The number of fused-ring (bicyclic) bond motifs is 4. The second kappa shape index (κ2) is 7.35. The van der Waals surface area contributed by atoms with E-state index in [-0.39, 0.29) is 18.2 Å². The van der Waals surface area contributed by atoms with Crippen LogP contribution in [0.3, 0.4) is 0 Å². The van der Waals surface area contributed by atoms with Crippen LogP contribution in [0.5, 0.6) is 11.5 Å². The number of halogens is 2. The van der Waals surface area contributed by atoms with Crippen LogP contribution in [0, 0.1) is 11.8 Å². The molecular weight excluding hydrogens is 430 g/mol. The van der Waals surface area contributed by atoms with Crippen molar-refractivity contribution in [1.82, 2.24) is 9.97 Å². The fourth-order valence-electron chi connectivity index (χ4n) is 4.52. The lowest BCUT2D eigenvalue weighted by molar-refractivity contribution is 0.161. The standard InChI is InChI=1S/C24H18F2N4O3/c25-17-3-6-28-22(26)21(17)14-1-2-19-15(9-14)24(12-32-23(27)30-24)16-10-18(29-11-20(16)33-19)13-4-7-31-8-5-13/h1-4,6,9-11H,5,7-8,12H2,(H2,27,30)/t24-/m0/s1. The average Bonchev–Trinajstić information content (AvgIpc) is 3.22. The van der Waals surface area contributed by atoms with Crippen molar-refractivity contribution in [2.24, 2.45) is 10.7 Å². The third kappa shape index (κ3) is 3.07. The Labute approximate surface area is 187 Å². The molecule has 1 spiro atoms. The molecule has 0 unspecified atom stereocenters. The van der Waals surface area contributed by atoms with Gasteiger partial charge in [-0.1, -0.05) is 12.1 Å². The first kappa shape index (κ1) is 19.8. The van der Waals surface area contributed by atoms with Gasteiger partial charge in [-0.3, -0.25) is 4.98 Å². The van der Waals surface area contributed by atoms with E-state index in [0.717, 1.165) is 35.5 Å². The molecule has 0 radical (unpaired) electrons. The number of benzene rings is 1. The van der Waals surface area contributed by atoms with Gasteiger partial charge in [0, 0.05) is 17.3 Å². The van der Waals surface area contributed by atoms with E-state index in [2.05, 4.69) is 15.0 Å². The Morgan fingerprint density at radius 1 is 1.03 bits per heavy atom. The van der Waals surface area contributed by atoms with Crippen LogP contribution in [0.4, 0.5) is 8.78 Å². The van der Waals surface area contributed by atoms with Crippen molar-refractivity contribution in [2.45, 2.75) is 12.0 Å². The summed E-state index contributed by atoms with van der Waals surface area (Å²) in [7, 11) is 0. The molecule has 5 heterocycles. The summed E-state index contributed by atoms with van der Waals surface area (Å²) >= 11 is 0. The van der Waals surface area contributed by atoms with E-state index >= 15 is 0 Å². The first-order chi connectivity index (χ1) is 16.0. The Morgan fingerprint density at radius 2 is 1.91 bits per heavy atom. The summed E-state index contributed by atoms with van der Waals surface area (Å²) in [5.41, 5.74) is 8.15. The van der Waals surface area contributed by atoms with Gasteiger partial charge in [0.1, 0.15) is 18.2 Å². The summed E-state index contributed by atoms with van der Waals surface area (Å²) < 4.78 is 46.0. The van der Waals surface area contributed by atoms with E-state index in [1.165, 1.54) is 0 Å². The zero-order valence-electron chi connectivity index (χ0n) is 17.3. The van der Waals surface area contributed by atoms with Crippen molar-refractivity contribution in [1.29, 1.82) is 0 Å². The molecule has 166 valence electrons. The van der Waals surface area contributed by atoms with Crippen LogP contribution >= 0.6 is 0 Å². The summed E-state index contributed by atoms with van der Waals surface area (Å²) in [6.07, 6.45) is 5.48. The molecule has 0 saturated carbocycles. The number of nitrogens with zero attached hydrogens (tertiary/aromatic N) is 3. The lowest BCUT2D eigenvalue weighted by Gasteiger charge is -2.34. The molecular formula is C24H18F2N4O3. The third-order valence-electron chi connectivity index (χ3n) is 6.12. The van der Waals surface area contributed by atoms with Gasteiger partial charge in [0.25, 0.3) is 6.02 Å². The Bertz CT molecular complexity index is 1340. The second-order valence-corrected chi connectivity index (χ2v) is 7.99. The van der Waals surface area contributed by atoms with Crippen molar-refractivity contribution >= 4 is 11.6 Å². The van der Waals surface area contributed by atoms with Crippen LogP contribution < -0.4 is 10.5 Å². The Balaban J connectivity index is 1.55. The maximum atomic E-state index is 14.5. The maximum absolute atomic E-state index is 14.5. The second-order valence-electron chi connectivity index (χ2n) is 7.99. The SMILES string of the molecule is NC1=N[C@@]2(CO1)c1cc(-c3c(F)ccnc3F)ccc1Oc1cnc(C3=CCOCC3)cc12. The summed E-state index contributed by atoms with van der Waals surface area (Å²) in [6, 6.07) is 7.95. The first-order valence-corrected chi connectivity index (χ1v) is 10.4. The molecule has 3 aliphatic rings. The number of nitrogens with two attached hydrogens (primary N) is 1. The van der Waals surface area contributed by atoms with Gasteiger partial charge in [0.05, 0.1) is 30.7 Å². The van der Waals surface area contributed by atoms with Crippen molar-refractivity contribution < 1.29 is 23.0 Å². The molecule has 6 rings (SSSR count). The molecule has 0 amide bonds. The van der Waals surface area contributed by atoms with Gasteiger partial charge >= 0.3 is 0 Å². The molecule has 2 aromatic heterocycles. The summed E-state index contributed by atoms with van der Waals surface area (Å²) in [5, 5.41) is 0. The highest BCUT2D eigenvalue weighted by atomic mass is 19.1. The fraction of sp³-hybridized carbons (Fsp3) is 0.208. The van der Waals surface area contributed by atoms with Gasteiger partial charge < -0.3 is 19.9 Å². The van der Waals surface area contributed by atoms with Gasteiger partial charge in [-0.15, -0.1) is 0 Å². The van der Waals surface area contributed by atoms with Crippen molar-refractivity contribution in [2.75, 3.05) is 19.8 Å². The average molecular weight is 448 g/mol. The van der Waals surface area contributed by atoms with E-state index in [4.69, 9.17) is 19.9 Å². The largest absolute Gasteiger partial charge is 0.462 e. The smallest absolute Gasteiger partial charge is 0.283 e.